The van der Waals surface area contributed by atoms with Crippen LogP contribution in [-0.2, 0) is 14.8 Å². The Bertz CT molecular complexity index is 753. The van der Waals surface area contributed by atoms with Crippen molar-refractivity contribution in [2.24, 2.45) is 0 Å². The maximum Gasteiger partial charge on any atom is 0.243 e. The zero-order valence-electron chi connectivity index (χ0n) is 16.4. The number of sulfonamides is 1. The number of piperazine rings is 1. The molecule has 1 saturated heterocycles. The molecule has 6 nitrogen and oxygen atoms in total. The van der Waals surface area contributed by atoms with Crippen LogP contribution in [0.1, 0.15) is 45.4 Å². The standard InChI is InChI=1S/C20H30BrN3O3S/c1-16(20(25)22-18-6-4-2-3-5-7-18)23-12-14-24(15-13-23)28(26,27)19-10-8-17(21)9-11-19/h8-11,16,18H,2-7,12-15H2,1H3,(H,22,25)/t16-/m0/s1. The van der Waals surface area contributed by atoms with Gasteiger partial charge >= 0.3 is 0 Å². The van der Waals surface area contributed by atoms with Crippen LogP contribution in [0.4, 0.5) is 0 Å². The Morgan fingerprint density at radius 1 is 1.04 bits per heavy atom. The van der Waals surface area contributed by atoms with Gasteiger partial charge in [0.1, 0.15) is 0 Å². The second kappa shape index (κ2) is 9.69. The summed E-state index contributed by atoms with van der Waals surface area (Å²) in [5.41, 5.74) is 0. The molecule has 1 heterocycles. The number of nitrogens with zero attached hydrogens (tertiary/aromatic N) is 2. The van der Waals surface area contributed by atoms with Crippen molar-refractivity contribution in [3.8, 4) is 0 Å². The third-order valence-electron chi connectivity index (χ3n) is 5.85. The number of halogens is 1. The first-order valence-electron chi connectivity index (χ1n) is 10.2. The molecule has 1 N–H and O–H groups in total. The largest absolute Gasteiger partial charge is 0.352 e. The number of carbonyl (C=O) groups excluding carboxylic acids is 1. The molecule has 1 saturated carbocycles. The van der Waals surface area contributed by atoms with Gasteiger partial charge in [0.15, 0.2) is 0 Å². The Hall–Kier alpha value is -0.960. The maximum atomic E-state index is 12.8. The summed E-state index contributed by atoms with van der Waals surface area (Å²) in [7, 11) is -3.49. The highest BCUT2D eigenvalue weighted by Crippen LogP contribution is 2.21. The Morgan fingerprint density at radius 3 is 2.18 bits per heavy atom. The van der Waals surface area contributed by atoms with E-state index in [-0.39, 0.29) is 18.0 Å². The van der Waals surface area contributed by atoms with Gasteiger partial charge in [-0.1, -0.05) is 41.6 Å². The molecule has 0 spiro atoms. The summed E-state index contributed by atoms with van der Waals surface area (Å²) in [4.78, 5) is 15.1. The van der Waals surface area contributed by atoms with E-state index in [2.05, 4.69) is 26.1 Å². The van der Waals surface area contributed by atoms with E-state index in [1.807, 2.05) is 6.92 Å². The Kier molecular flexibility index (Phi) is 7.53. The maximum absolute atomic E-state index is 12.8. The molecule has 0 aromatic heterocycles. The van der Waals surface area contributed by atoms with Gasteiger partial charge in [-0.05, 0) is 44.0 Å². The SMILES string of the molecule is C[C@@H](C(=O)NC1CCCCCC1)N1CCN(S(=O)(=O)c2ccc(Br)cc2)CC1. The summed E-state index contributed by atoms with van der Waals surface area (Å²) in [5.74, 6) is 0.0658. The predicted octanol–water partition coefficient (Wildman–Crippen LogP) is 2.98. The number of carbonyl (C=O) groups is 1. The fourth-order valence-electron chi connectivity index (χ4n) is 4.00. The van der Waals surface area contributed by atoms with Gasteiger partial charge in [0.05, 0.1) is 10.9 Å². The summed E-state index contributed by atoms with van der Waals surface area (Å²) >= 11 is 3.33. The van der Waals surface area contributed by atoms with Crippen molar-refractivity contribution in [2.75, 3.05) is 26.2 Å². The van der Waals surface area contributed by atoms with Crippen LogP contribution in [0.2, 0.25) is 0 Å². The van der Waals surface area contributed by atoms with Crippen molar-refractivity contribution in [2.45, 2.75) is 62.4 Å². The van der Waals surface area contributed by atoms with Crippen LogP contribution in [0.15, 0.2) is 33.6 Å². The molecule has 2 fully saturated rings. The van der Waals surface area contributed by atoms with Crippen molar-refractivity contribution >= 4 is 31.9 Å². The molecular weight excluding hydrogens is 442 g/mol. The molecular formula is C20H30BrN3O3S. The van der Waals surface area contributed by atoms with E-state index in [1.54, 1.807) is 24.3 Å². The van der Waals surface area contributed by atoms with Gasteiger partial charge in [0.25, 0.3) is 0 Å². The molecule has 1 amide bonds. The van der Waals surface area contributed by atoms with Gasteiger partial charge in [-0.2, -0.15) is 4.31 Å². The van der Waals surface area contributed by atoms with Gasteiger partial charge in [-0.25, -0.2) is 8.42 Å². The number of amides is 1. The lowest BCUT2D eigenvalue weighted by Gasteiger charge is -2.37. The Labute approximate surface area is 176 Å². The predicted molar refractivity (Wildman–Crippen MR) is 114 cm³/mol. The monoisotopic (exact) mass is 471 g/mol. The van der Waals surface area contributed by atoms with Crippen molar-refractivity contribution < 1.29 is 13.2 Å². The molecule has 1 aliphatic carbocycles. The number of hydrogen-bond donors (Lipinski definition) is 1. The van der Waals surface area contributed by atoms with Crippen molar-refractivity contribution in [1.29, 1.82) is 0 Å². The van der Waals surface area contributed by atoms with Gasteiger partial charge < -0.3 is 5.32 Å². The zero-order chi connectivity index (χ0) is 20.1. The first-order valence-corrected chi connectivity index (χ1v) is 12.4. The van der Waals surface area contributed by atoms with Crippen LogP contribution in [-0.4, -0.2) is 61.8 Å². The van der Waals surface area contributed by atoms with Crippen molar-refractivity contribution in [1.82, 2.24) is 14.5 Å². The van der Waals surface area contributed by atoms with Gasteiger partial charge in [-0.15, -0.1) is 0 Å². The molecule has 1 aromatic carbocycles. The van der Waals surface area contributed by atoms with Gasteiger partial charge in [0, 0.05) is 36.7 Å². The minimum absolute atomic E-state index is 0.0658. The lowest BCUT2D eigenvalue weighted by Crippen LogP contribution is -2.55. The molecule has 1 aromatic rings. The fraction of sp³-hybridized carbons (Fsp3) is 0.650. The van der Waals surface area contributed by atoms with Gasteiger partial charge in [0.2, 0.25) is 15.9 Å². The highest BCUT2D eigenvalue weighted by Gasteiger charge is 2.32. The summed E-state index contributed by atoms with van der Waals surface area (Å²) in [6.45, 7) is 3.85. The van der Waals surface area contributed by atoms with E-state index >= 15 is 0 Å². The topological polar surface area (TPSA) is 69.7 Å². The Morgan fingerprint density at radius 2 is 1.61 bits per heavy atom. The van der Waals surface area contributed by atoms with Crippen molar-refractivity contribution in [3.05, 3.63) is 28.7 Å². The van der Waals surface area contributed by atoms with E-state index in [0.29, 0.717) is 31.1 Å². The zero-order valence-corrected chi connectivity index (χ0v) is 18.8. The van der Waals surface area contributed by atoms with Crippen LogP contribution >= 0.6 is 15.9 Å². The molecule has 1 aliphatic heterocycles. The van der Waals surface area contributed by atoms with Crippen LogP contribution in [0, 0.1) is 0 Å². The number of nitrogens with one attached hydrogen (secondary N) is 1. The average molecular weight is 472 g/mol. The van der Waals surface area contributed by atoms with Crippen molar-refractivity contribution in [3.63, 3.8) is 0 Å². The number of hydrogen-bond acceptors (Lipinski definition) is 4. The number of benzene rings is 1. The molecule has 0 radical (unpaired) electrons. The summed E-state index contributed by atoms with van der Waals surface area (Å²) in [5, 5.41) is 3.21. The fourth-order valence-corrected chi connectivity index (χ4v) is 5.68. The molecule has 1 atom stereocenters. The van der Waals surface area contributed by atoms with Crippen LogP contribution in [0.5, 0.6) is 0 Å². The first kappa shape index (κ1) is 21.7. The van der Waals surface area contributed by atoms with Crippen LogP contribution in [0.25, 0.3) is 0 Å². The third-order valence-corrected chi connectivity index (χ3v) is 8.29. The molecule has 28 heavy (non-hydrogen) atoms. The normalized spacial score (nSPS) is 21.8. The molecule has 0 unspecified atom stereocenters. The minimum atomic E-state index is -3.49. The molecule has 3 rings (SSSR count). The van der Waals surface area contributed by atoms with Gasteiger partial charge in [-0.3, -0.25) is 9.69 Å². The smallest absolute Gasteiger partial charge is 0.243 e. The molecule has 2 aliphatic rings. The van der Waals surface area contributed by atoms with E-state index in [1.165, 1.54) is 30.0 Å². The first-order chi connectivity index (χ1) is 13.4. The highest BCUT2D eigenvalue weighted by atomic mass is 79.9. The van der Waals surface area contributed by atoms with E-state index in [9.17, 15) is 13.2 Å². The summed E-state index contributed by atoms with van der Waals surface area (Å²) in [6, 6.07) is 6.77. The lowest BCUT2D eigenvalue weighted by molar-refractivity contribution is -0.127. The van der Waals surface area contributed by atoms with Crippen LogP contribution < -0.4 is 5.32 Å². The molecule has 156 valence electrons. The molecule has 0 bridgehead atoms. The highest BCUT2D eigenvalue weighted by molar-refractivity contribution is 9.10. The summed E-state index contributed by atoms with van der Waals surface area (Å²) < 4.78 is 28.0. The quantitative estimate of drug-likeness (QED) is 0.670. The lowest BCUT2D eigenvalue weighted by atomic mass is 10.1. The van der Waals surface area contributed by atoms with E-state index in [4.69, 9.17) is 0 Å². The van der Waals surface area contributed by atoms with E-state index < -0.39 is 10.0 Å². The third kappa shape index (κ3) is 5.34. The average Bonchev–Trinajstić information content (AvgIpc) is 2.96. The van der Waals surface area contributed by atoms with E-state index in [0.717, 1.165) is 17.3 Å². The minimum Gasteiger partial charge on any atom is -0.352 e. The number of rotatable bonds is 5. The second-order valence-electron chi connectivity index (χ2n) is 7.77. The molecule has 8 heteroatoms. The van der Waals surface area contributed by atoms with Crippen LogP contribution in [0.3, 0.4) is 0 Å². The second-order valence-corrected chi connectivity index (χ2v) is 10.6. The Balaban J connectivity index is 1.53. The summed E-state index contributed by atoms with van der Waals surface area (Å²) in [6.07, 6.45) is 7.03.